The summed E-state index contributed by atoms with van der Waals surface area (Å²) in [4.78, 5) is 8.07. The number of aromatic nitrogens is 1. The van der Waals surface area contributed by atoms with Gasteiger partial charge in [0, 0.05) is 24.2 Å². The largest absolute Gasteiger partial charge is 0.352 e. The van der Waals surface area contributed by atoms with E-state index in [9.17, 15) is 0 Å². The summed E-state index contributed by atoms with van der Waals surface area (Å²) < 4.78 is 0. The lowest BCUT2D eigenvalue weighted by Gasteiger charge is -2.26. The van der Waals surface area contributed by atoms with Crippen LogP contribution in [0, 0.1) is 0 Å². The number of thiophene rings is 1. The van der Waals surface area contributed by atoms with Crippen LogP contribution in [0.3, 0.4) is 0 Å². The van der Waals surface area contributed by atoms with Crippen molar-refractivity contribution in [1.82, 2.24) is 10.3 Å². The molecule has 2 aromatic rings. The molecule has 102 valence electrons. The summed E-state index contributed by atoms with van der Waals surface area (Å²) in [5, 5.41) is 5.38. The molecule has 0 aliphatic rings. The van der Waals surface area contributed by atoms with Gasteiger partial charge in [-0.1, -0.05) is 6.07 Å². The van der Waals surface area contributed by atoms with E-state index in [-0.39, 0.29) is 0 Å². The highest BCUT2D eigenvalue weighted by Gasteiger charge is 2.15. The maximum atomic E-state index is 4.49. The minimum Gasteiger partial charge on any atom is -0.352 e. The lowest BCUT2D eigenvalue weighted by molar-refractivity contribution is 0.649. The van der Waals surface area contributed by atoms with Crippen LogP contribution in [-0.4, -0.2) is 19.1 Å². The van der Waals surface area contributed by atoms with Crippen molar-refractivity contribution >= 4 is 17.2 Å². The summed E-state index contributed by atoms with van der Waals surface area (Å²) in [6.45, 7) is 4.36. The summed E-state index contributed by atoms with van der Waals surface area (Å²) in [6.07, 6.45) is 1.89. The van der Waals surface area contributed by atoms with Crippen molar-refractivity contribution in [2.75, 3.05) is 19.0 Å². The number of rotatable bonds is 5. The van der Waals surface area contributed by atoms with E-state index in [1.165, 1.54) is 10.4 Å². The molecule has 0 bridgehead atoms. The van der Waals surface area contributed by atoms with Crippen molar-refractivity contribution in [2.45, 2.75) is 25.9 Å². The average Bonchev–Trinajstić information content (AvgIpc) is 2.99. The number of hydrogen-bond acceptors (Lipinski definition) is 4. The molecule has 0 amide bonds. The van der Waals surface area contributed by atoms with Crippen LogP contribution in [-0.2, 0) is 0 Å². The zero-order valence-electron chi connectivity index (χ0n) is 11.9. The van der Waals surface area contributed by atoms with Gasteiger partial charge in [0.05, 0.1) is 6.04 Å². The monoisotopic (exact) mass is 275 g/mol. The summed E-state index contributed by atoms with van der Waals surface area (Å²) in [5.41, 5.74) is 1.26. The van der Waals surface area contributed by atoms with Crippen LogP contribution in [0.15, 0.2) is 35.8 Å². The van der Waals surface area contributed by atoms with Gasteiger partial charge in [-0.2, -0.15) is 0 Å². The minimum absolute atomic E-state index is 0.340. The van der Waals surface area contributed by atoms with Crippen molar-refractivity contribution in [3.05, 3.63) is 46.3 Å². The van der Waals surface area contributed by atoms with Gasteiger partial charge < -0.3 is 10.2 Å². The molecule has 19 heavy (non-hydrogen) atoms. The van der Waals surface area contributed by atoms with E-state index in [1.807, 2.05) is 13.2 Å². The highest BCUT2D eigenvalue weighted by molar-refractivity contribution is 7.10. The molecule has 0 aliphatic carbocycles. The van der Waals surface area contributed by atoms with Gasteiger partial charge in [-0.15, -0.1) is 11.3 Å². The van der Waals surface area contributed by atoms with E-state index in [1.54, 1.807) is 11.3 Å². The van der Waals surface area contributed by atoms with Crippen LogP contribution in [0.5, 0.6) is 0 Å². The van der Waals surface area contributed by atoms with E-state index in [0.29, 0.717) is 12.1 Å². The first-order valence-corrected chi connectivity index (χ1v) is 7.41. The second-order valence-electron chi connectivity index (χ2n) is 4.76. The zero-order chi connectivity index (χ0) is 13.8. The van der Waals surface area contributed by atoms with E-state index < -0.39 is 0 Å². The van der Waals surface area contributed by atoms with Gasteiger partial charge >= 0.3 is 0 Å². The Bertz CT molecular complexity index is 510. The molecule has 2 rings (SSSR count). The van der Waals surface area contributed by atoms with Gasteiger partial charge in [0.15, 0.2) is 0 Å². The van der Waals surface area contributed by atoms with Gasteiger partial charge in [-0.3, -0.25) is 0 Å². The first-order chi connectivity index (χ1) is 9.13. The molecule has 1 N–H and O–H groups in total. The Balaban J connectivity index is 2.21. The lowest BCUT2D eigenvalue weighted by atomic mass is 10.1. The fourth-order valence-corrected chi connectivity index (χ4v) is 2.81. The van der Waals surface area contributed by atoms with E-state index in [2.05, 4.69) is 65.7 Å². The number of nitrogens with zero attached hydrogens (tertiary/aromatic N) is 2. The van der Waals surface area contributed by atoms with Crippen LogP contribution in [0.1, 0.15) is 36.4 Å². The standard InChI is InChI=1S/C15H21N3S/c1-11(16-3)13-7-8-17-15(10-13)18(4)12(2)14-6-5-9-19-14/h5-12,16H,1-4H3. The highest BCUT2D eigenvalue weighted by atomic mass is 32.1. The molecule has 2 unspecified atom stereocenters. The molecular formula is C15H21N3S. The minimum atomic E-state index is 0.340. The Hall–Kier alpha value is -1.39. The molecule has 0 fully saturated rings. The van der Waals surface area contributed by atoms with Crippen molar-refractivity contribution in [3.8, 4) is 0 Å². The Kier molecular flexibility index (Phi) is 4.56. The van der Waals surface area contributed by atoms with Crippen LogP contribution < -0.4 is 10.2 Å². The van der Waals surface area contributed by atoms with Gasteiger partial charge in [-0.25, -0.2) is 4.98 Å². The first kappa shape index (κ1) is 14.0. The smallest absolute Gasteiger partial charge is 0.129 e. The molecule has 2 aromatic heterocycles. The van der Waals surface area contributed by atoms with E-state index in [0.717, 1.165) is 5.82 Å². The van der Waals surface area contributed by atoms with Crippen LogP contribution in [0.4, 0.5) is 5.82 Å². The van der Waals surface area contributed by atoms with Crippen molar-refractivity contribution in [2.24, 2.45) is 0 Å². The third-order valence-electron chi connectivity index (χ3n) is 3.60. The average molecular weight is 275 g/mol. The molecule has 3 nitrogen and oxygen atoms in total. The summed E-state index contributed by atoms with van der Waals surface area (Å²) in [5.74, 6) is 1.01. The molecule has 0 aromatic carbocycles. The molecule has 0 saturated carbocycles. The predicted molar refractivity (Wildman–Crippen MR) is 82.8 cm³/mol. The maximum Gasteiger partial charge on any atom is 0.129 e. The van der Waals surface area contributed by atoms with Crippen molar-refractivity contribution < 1.29 is 0 Å². The van der Waals surface area contributed by atoms with Gasteiger partial charge in [0.2, 0.25) is 0 Å². The maximum absolute atomic E-state index is 4.49. The van der Waals surface area contributed by atoms with Crippen molar-refractivity contribution in [1.29, 1.82) is 0 Å². The zero-order valence-corrected chi connectivity index (χ0v) is 12.7. The lowest BCUT2D eigenvalue weighted by Crippen LogP contribution is -2.22. The molecule has 2 atom stereocenters. The van der Waals surface area contributed by atoms with Gasteiger partial charge in [-0.05, 0) is 50.0 Å². The van der Waals surface area contributed by atoms with Crippen LogP contribution in [0.2, 0.25) is 0 Å². The van der Waals surface area contributed by atoms with E-state index >= 15 is 0 Å². The van der Waals surface area contributed by atoms with Gasteiger partial charge in [0.1, 0.15) is 5.82 Å². The third-order valence-corrected chi connectivity index (χ3v) is 4.64. The summed E-state index contributed by atoms with van der Waals surface area (Å²) >= 11 is 1.79. The summed E-state index contributed by atoms with van der Waals surface area (Å²) in [6, 6.07) is 9.17. The topological polar surface area (TPSA) is 28.2 Å². The van der Waals surface area contributed by atoms with Crippen LogP contribution in [0.25, 0.3) is 0 Å². The number of nitrogens with one attached hydrogen (secondary N) is 1. The molecule has 0 spiro atoms. The SMILES string of the molecule is CNC(C)c1ccnc(N(C)C(C)c2cccs2)c1. The van der Waals surface area contributed by atoms with Gasteiger partial charge in [0.25, 0.3) is 0 Å². The summed E-state index contributed by atoms with van der Waals surface area (Å²) in [7, 11) is 4.07. The Labute approximate surface area is 119 Å². The number of pyridine rings is 1. The molecule has 0 aliphatic heterocycles. The molecular weight excluding hydrogens is 254 g/mol. The Morgan fingerprint density at radius 2 is 2.11 bits per heavy atom. The molecule has 4 heteroatoms. The Morgan fingerprint density at radius 1 is 1.32 bits per heavy atom. The van der Waals surface area contributed by atoms with Crippen molar-refractivity contribution in [3.63, 3.8) is 0 Å². The predicted octanol–water partition coefficient (Wildman–Crippen LogP) is 3.62. The number of hydrogen-bond donors (Lipinski definition) is 1. The fourth-order valence-electron chi connectivity index (χ4n) is 1.98. The Morgan fingerprint density at radius 3 is 2.74 bits per heavy atom. The first-order valence-electron chi connectivity index (χ1n) is 6.53. The molecule has 2 heterocycles. The quantitative estimate of drug-likeness (QED) is 0.903. The van der Waals surface area contributed by atoms with Crippen LogP contribution >= 0.6 is 11.3 Å². The second-order valence-corrected chi connectivity index (χ2v) is 5.74. The van der Waals surface area contributed by atoms with E-state index in [4.69, 9.17) is 0 Å². The number of anilines is 1. The fraction of sp³-hybridized carbons (Fsp3) is 0.400. The molecule has 0 radical (unpaired) electrons. The molecule has 0 saturated heterocycles. The second kappa shape index (κ2) is 6.17. The normalized spacial score (nSPS) is 14.1. The highest BCUT2D eigenvalue weighted by Crippen LogP contribution is 2.28. The third kappa shape index (κ3) is 3.14.